The van der Waals surface area contributed by atoms with E-state index in [9.17, 15) is 9.59 Å². The van der Waals surface area contributed by atoms with Crippen LogP contribution in [-0.4, -0.2) is 88.1 Å². The molecule has 2 aromatic rings. The molecular weight excluding hydrogens is 544 g/mol. The Morgan fingerprint density at radius 1 is 0.651 bits per heavy atom. The molecule has 0 radical (unpaired) electrons. The summed E-state index contributed by atoms with van der Waals surface area (Å²) in [6.45, 7) is 18.4. The van der Waals surface area contributed by atoms with E-state index in [0.717, 1.165) is 50.4 Å². The van der Waals surface area contributed by atoms with Crippen LogP contribution < -0.4 is 18.9 Å². The third kappa shape index (κ3) is 10.9. The number of ether oxygens (including phenoxy) is 4. The van der Waals surface area contributed by atoms with Gasteiger partial charge in [0.1, 0.15) is 13.2 Å². The third-order valence-corrected chi connectivity index (χ3v) is 7.58. The molecule has 0 amide bonds. The van der Waals surface area contributed by atoms with E-state index in [2.05, 4.69) is 37.5 Å². The van der Waals surface area contributed by atoms with Gasteiger partial charge < -0.3 is 28.7 Å². The lowest BCUT2D eigenvalue weighted by Gasteiger charge is -2.19. The number of hydrogen-bond donors (Lipinski definition) is 0. The fourth-order valence-electron chi connectivity index (χ4n) is 4.35. The summed E-state index contributed by atoms with van der Waals surface area (Å²) in [5.41, 5.74) is 0.306. The molecule has 2 aromatic carbocycles. The lowest BCUT2D eigenvalue weighted by molar-refractivity contribution is -0.132. The number of carbonyl (C=O) groups is 2. The highest BCUT2D eigenvalue weighted by atomic mass is 16.5. The molecule has 0 saturated heterocycles. The van der Waals surface area contributed by atoms with E-state index in [1.165, 1.54) is 12.2 Å². The Hall–Kier alpha value is -3.62. The molecule has 0 spiro atoms. The molecule has 0 N–H and O–H groups in total. The van der Waals surface area contributed by atoms with E-state index in [4.69, 9.17) is 18.9 Å². The highest BCUT2D eigenvalue weighted by Crippen LogP contribution is 2.30. The molecule has 0 aromatic heterocycles. The summed E-state index contributed by atoms with van der Waals surface area (Å²) in [6, 6.07) is 11.0. The molecule has 0 saturated carbocycles. The summed E-state index contributed by atoms with van der Waals surface area (Å²) < 4.78 is 22.9. The summed E-state index contributed by atoms with van der Waals surface area (Å²) in [5.74, 6) is 1.88. The Labute approximate surface area is 258 Å². The summed E-state index contributed by atoms with van der Waals surface area (Å²) in [5, 5.41) is 0. The predicted octanol–water partition coefficient (Wildman–Crippen LogP) is 6.04. The SMILES string of the molecule is CCN(CC)CCOc1ccc(/C=C/C(=O)C(C)(C)C(=O)/C=C/c2ccc(OCCN(CC)CC)c(OC)c2)cc1OC. The van der Waals surface area contributed by atoms with Gasteiger partial charge in [0.25, 0.3) is 0 Å². The molecule has 0 fully saturated rings. The highest BCUT2D eigenvalue weighted by Gasteiger charge is 2.32. The van der Waals surface area contributed by atoms with E-state index in [1.54, 1.807) is 40.2 Å². The molecule has 0 unspecified atom stereocenters. The number of likely N-dealkylation sites (N-methyl/N-ethyl adjacent to an activating group) is 2. The maximum atomic E-state index is 13.1. The van der Waals surface area contributed by atoms with Gasteiger partial charge in [0, 0.05) is 13.1 Å². The maximum Gasteiger partial charge on any atom is 0.169 e. The molecule has 0 aliphatic carbocycles. The Kier molecular flexibility index (Phi) is 15.0. The van der Waals surface area contributed by atoms with Crippen molar-refractivity contribution in [3.05, 3.63) is 59.7 Å². The van der Waals surface area contributed by atoms with E-state index < -0.39 is 5.41 Å². The zero-order valence-corrected chi connectivity index (χ0v) is 27.3. The second kappa shape index (κ2) is 18.1. The minimum Gasteiger partial charge on any atom is -0.493 e. The van der Waals surface area contributed by atoms with Crippen molar-refractivity contribution in [3.63, 3.8) is 0 Å². The first kappa shape index (κ1) is 35.6. The van der Waals surface area contributed by atoms with Crippen molar-refractivity contribution in [1.82, 2.24) is 9.80 Å². The fourth-order valence-corrected chi connectivity index (χ4v) is 4.35. The van der Waals surface area contributed by atoms with Crippen molar-refractivity contribution in [2.75, 3.05) is 66.7 Å². The van der Waals surface area contributed by atoms with Crippen molar-refractivity contribution in [1.29, 1.82) is 0 Å². The van der Waals surface area contributed by atoms with Crippen LogP contribution in [0.5, 0.6) is 23.0 Å². The lowest BCUT2D eigenvalue weighted by atomic mass is 9.82. The van der Waals surface area contributed by atoms with Gasteiger partial charge in [-0.3, -0.25) is 9.59 Å². The fraction of sp³-hybridized carbons (Fsp3) is 0.486. The standard InChI is InChI=1S/C35H50N2O6/c1-9-36(10-2)21-23-42-29-17-13-27(25-31(29)40-7)15-19-33(38)35(5,6)34(39)20-16-28-14-18-30(32(26-28)41-8)43-24-22-37(11-3)12-4/h13-20,25-26H,9-12,21-24H2,1-8H3/b19-15+,20-16+. The Bertz CT molecular complexity index is 1140. The monoisotopic (exact) mass is 594 g/mol. The quantitative estimate of drug-likeness (QED) is 0.136. The van der Waals surface area contributed by atoms with Crippen molar-refractivity contribution in [2.24, 2.45) is 5.41 Å². The van der Waals surface area contributed by atoms with Crippen LogP contribution >= 0.6 is 0 Å². The van der Waals surface area contributed by atoms with Crippen LogP contribution in [0.4, 0.5) is 0 Å². The molecule has 0 bridgehead atoms. The van der Waals surface area contributed by atoms with Gasteiger partial charge in [-0.05, 0) is 87.6 Å². The maximum absolute atomic E-state index is 13.1. The largest absolute Gasteiger partial charge is 0.493 e. The van der Waals surface area contributed by atoms with Crippen LogP contribution in [0.25, 0.3) is 12.2 Å². The second-order valence-electron chi connectivity index (χ2n) is 10.6. The van der Waals surface area contributed by atoms with E-state index in [1.807, 2.05) is 36.4 Å². The lowest BCUT2D eigenvalue weighted by Crippen LogP contribution is -2.30. The first-order valence-corrected chi connectivity index (χ1v) is 15.1. The van der Waals surface area contributed by atoms with Gasteiger partial charge in [-0.15, -0.1) is 0 Å². The van der Waals surface area contributed by atoms with Crippen LogP contribution in [0.1, 0.15) is 52.7 Å². The first-order valence-electron chi connectivity index (χ1n) is 15.1. The smallest absolute Gasteiger partial charge is 0.169 e. The Morgan fingerprint density at radius 3 is 1.35 bits per heavy atom. The average molecular weight is 595 g/mol. The molecule has 0 aliphatic rings. The van der Waals surface area contributed by atoms with Crippen molar-refractivity contribution < 1.29 is 28.5 Å². The van der Waals surface area contributed by atoms with Gasteiger partial charge in [0.2, 0.25) is 0 Å². The summed E-state index contributed by atoms with van der Waals surface area (Å²) in [4.78, 5) is 30.7. The molecule has 0 atom stereocenters. The van der Waals surface area contributed by atoms with Gasteiger partial charge in [0.15, 0.2) is 34.6 Å². The van der Waals surface area contributed by atoms with Gasteiger partial charge in [-0.2, -0.15) is 0 Å². The molecular formula is C35H50N2O6. The van der Waals surface area contributed by atoms with Crippen LogP contribution in [0.3, 0.4) is 0 Å². The van der Waals surface area contributed by atoms with Crippen LogP contribution in [0.15, 0.2) is 48.6 Å². The van der Waals surface area contributed by atoms with Crippen LogP contribution in [-0.2, 0) is 9.59 Å². The van der Waals surface area contributed by atoms with Gasteiger partial charge in [-0.25, -0.2) is 0 Å². The van der Waals surface area contributed by atoms with Crippen molar-refractivity contribution in [3.8, 4) is 23.0 Å². The molecule has 2 rings (SSSR count). The zero-order valence-electron chi connectivity index (χ0n) is 27.3. The second-order valence-corrected chi connectivity index (χ2v) is 10.6. The minimum absolute atomic E-state index is 0.296. The summed E-state index contributed by atoms with van der Waals surface area (Å²) in [6.07, 6.45) is 6.25. The number of hydrogen-bond acceptors (Lipinski definition) is 8. The number of rotatable bonds is 20. The normalized spacial score (nSPS) is 12.0. The number of allylic oxidation sites excluding steroid dienone is 2. The topological polar surface area (TPSA) is 77.5 Å². The summed E-state index contributed by atoms with van der Waals surface area (Å²) >= 11 is 0. The number of benzene rings is 2. The Balaban J connectivity index is 2.03. The average Bonchev–Trinajstić information content (AvgIpc) is 3.03. The van der Waals surface area contributed by atoms with Crippen LogP contribution in [0, 0.1) is 5.41 Å². The molecule has 0 aliphatic heterocycles. The van der Waals surface area contributed by atoms with Crippen LogP contribution in [0.2, 0.25) is 0 Å². The van der Waals surface area contributed by atoms with E-state index in [0.29, 0.717) is 36.2 Å². The molecule has 43 heavy (non-hydrogen) atoms. The highest BCUT2D eigenvalue weighted by molar-refractivity contribution is 6.16. The van der Waals surface area contributed by atoms with E-state index >= 15 is 0 Å². The summed E-state index contributed by atoms with van der Waals surface area (Å²) in [7, 11) is 3.17. The third-order valence-electron chi connectivity index (χ3n) is 7.58. The van der Waals surface area contributed by atoms with Gasteiger partial charge in [0.05, 0.1) is 19.6 Å². The molecule has 8 nitrogen and oxygen atoms in total. The number of ketones is 2. The molecule has 0 heterocycles. The minimum atomic E-state index is -1.23. The number of carbonyl (C=O) groups excluding carboxylic acids is 2. The van der Waals surface area contributed by atoms with Crippen molar-refractivity contribution >= 4 is 23.7 Å². The number of nitrogens with zero attached hydrogens (tertiary/aromatic N) is 2. The van der Waals surface area contributed by atoms with Gasteiger partial charge >= 0.3 is 0 Å². The van der Waals surface area contributed by atoms with Crippen molar-refractivity contribution in [2.45, 2.75) is 41.5 Å². The zero-order chi connectivity index (χ0) is 31.8. The predicted molar refractivity (Wildman–Crippen MR) is 174 cm³/mol. The molecule has 8 heteroatoms. The van der Waals surface area contributed by atoms with Gasteiger partial charge in [-0.1, -0.05) is 52.0 Å². The molecule has 236 valence electrons. The Morgan fingerprint density at radius 2 is 1.02 bits per heavy atom. The first-order chi connectivity index (χ1) is 20.6. The number of methoxy groups -OCH3 is 2. The van der Waals surface area contributed by atoms with E-state index in [-0.39, 0.29) is 11.6 Å².